The van der Waals surface area contributed by atoms with Gasteiger partial charge < -0.3 is 14.7 Å². The summed E-state index contributed by atoms with van der Waals surface area (Å²) in [6, 6.07) is 5.28. The molecule has 6 rings (SSSR count). The third kappa shape index (κ3) is 2.05. The van der Waals surface area contributed by atoms with E-state index in [1.807, 2.05) is 0 Å². The van der Waals surface area contributed by atoms with Gasteiger partial charge in [-0.3, -0.25) is 10.1 Å². The minimum atomic E-state index is -0.454. The molecule has 1 heterocycles. The van der Waals surface area contributed by atoms with E-state index in [4.69, 9.17) is 4.74 Å². The van der Waals surface area contributed by atoms with Gasteiger partial charge in [-0.1, -0.05) is 0 Å². The molecule has 1 N–H and O–H groups in total. The van der Waals surface area contributed by atoms with Crippen molar-refractivity contribution in [2.75, 3.05) is 18.1 Å². The lowest BCUT2D eigenvalue weighted by molar-refractivity contribution is -0.384. The molecule has 4 bridgehead atoms. The van der Waals surface area contributed by atoms with Crippen molar-refractivity contribution in [1.29, 1.82) is 0 Å². The van der Waals surface area contributed by atoms with Crippen molar-refractivity contribution in [2.24, 2.45) is 17.8 Å². The maximum absolute atomic E-state index is 11.2. The molecule has 0 amide bonds. The van der Waals surface area contributed by atoms with E-state index in [9.17, 15) is 15.2 Å². The molecule has 6 heteroatoms. The summed E-state index contributed by atoms with van der Waals surface area (Å²) in [5, 5.41) is 22.0. The highest BCUT2D eigenvalue weighted by atomic mass is 16.6. The van der Waals surface area contributed by atoms with Gasteiger partial charge in [0.1, 0.15) is 12.4 Å². The molecule has 4 fully saturated rings. The molecule has 4 aliphatic carbocycles. The molecule has 6 nitrogen and oxygen atoms in total. The zero-order valence-corrected chi connectivity index (χ0v) is 13.6. The zero-order valence-electron chi connectivity index (χ0n) is 13.6. The first-order valence-electron chi connectivity index (χ1n) is 8.93. The quantitative estimate of drug-likeness (QED) is 0.666. The Morgan fingerprint density at radius 2 is 2.00 bits per heavy atom. The van der Waals surface area contributed by atoms with Crippen LogP contribution in [0.1, 0.15) is 32.1 Å². The van der Waals surface area contributed by atoms with Crippen molar-refractivity contribution < 1.29 is 14.8 Å². The SMILES string of the molecule is O=[N+]([O-])c1ccc2c(c1)N(C1C3CC4CC1CC(O)(C4)C3)CCO2. The predicted molar refractivity (Wildman–Crippen MR) is 88.2 cm³/mol. The minimum absolute atomic E-state index is 0.117. The lowest BCUT2D eigenvalue weighted by atomic mass is 9.52. The number of fused-ring (bicyclic) bond motifs is 1. The molecule has 1 aliphatic heterocycles. The lowest BCUT2D eigenvalue weighted by Gasteiger charge is -2.61. The zero-order chi connectivity index (χ0) is 16.5. The molecule has 0 saturated heterocycles. The summed E-state index contributed by atoms with van der Waals surface area (Å²) in [6.07, 6.45) is 5.10. The molecule has 5 aliphatic rings. The van der Waals surface area contributed by atoms with Gasteiger partial charge in [0.05, 0.1) is 22.8 Å². The van der Waals surface area contributed by atoms with Gasteiger partial charge in [0.25, 0.3) is 5.69 Å². The molecular weight excluding hydrogens is 308 g/mol. The number of hydrogen-bond donors (Lipinski definition) is 1. The van der Waals surface area contributed by atoms with Crippen LogP contribution in [0.5, 0.6) is 5.75 Å². The topological polar surface area (TPSA) is 75.8 Å². The molecule has 2 unspecified atom stereocenters. The van der Waals surface area contributed by atoms with Crippen molar-refractivity contribution in [2.45, 2.75) is 43.7 Å². The number of benzene rings is 1. The van der Waals surface area contributed by atoms with Crippen LogP contribution in [-0.4, -0.2) is 34.8 Å². The summed E-state index contributed by atoms with van der Waals surface area (Å²) in [5.41, 5.74) is 0.525. The number of rotatable bonds is 2. The number of nitrogens with zero attached hydrogens (tertiary/aromatic N) is 2. The van der Waals surface area contributed by atoms with E-state index in [2.05, 4.69) is 4.90 Å². The van der Waals surface area contributed by atoms with Crippen LogP contribution < -0.4 is 9.64 Å². The van der Waals surface area contributed by atoms with Gasteiger partial charge in [0.15, 0.2) is 0 Å². The Bertz CT molecular complexity index is 690. The molecule has 24 heavy (non-hydrogen) atoms. The van der Waals surface area contributed by atoms with Crippen molar-refractivity contribution >= 4 is 11.4 Å². The monoisotopic (exact) mass is 330 g/mol. The standard InChI is InChI=1S/C18H22N2O4/c21-18-8-11-5-12(9-18)17(13(6-11)10-18)19-3-4-24-16-2-1-14(20(22)23)7-15(16)19/h1-2,7,11-13,17,21H,3-6,8-10H2. The number of aliphatic hydroxyl groups is 1. The first-order chi connectivity index (χ1) is 11.5. The minimum Gasteiger partial charge on any atom is -0.490 e. The van der Waals surface area contributed by atoms with E-state index in [1.165, 1.54) is 18.9 Å². The highest BCUT2D eigenvalue weighted by molar-refractivity contribution is 5.65. The fraction of sp³-hybridized carbons (Fsp3) is 0.667. The van der Waals surface area contributed by atoms with Crippen LogP contribution >= 0.6 is 0 Å². The number of non-ortho nitro benzene ring substituents is 1. The molecule has 4 saturated carbocycles. The van der Waals surface area contributed by atoms with Gasteiger partial charge in [0, 0.05) is 18.2 Å². The Morgan fingerprint density at radius 1 is 1.25 bits per heavy atom. The average molecular weight is 330 g/mol. The van der Waals surface area contributed by atoms with E-state index in [0.29, 0.717) is 30.4 Å². The second-order valence-corrected chi connectivity index (χ2v) is 8.14. The number of anilines is 1. The Hall–Kier alpha value is -1.82. The highest BCUT2D eigenvalue weighted by Crippen LogP contribution is 2.58. The van der Waals surface area contributed by atoms with Gasteiger partial charge in [-0.2, -0.15) is 0 Å². The number of nitro groups is 1. The third-order valence-electron chi connectivity index (χ3n) is 6.60. The van der Waals surface area contributed by atoms with Gasteiger partial charge >= 0.3 is 0 Å². The maximum atomic E-state index is 11.2. The predicted octanol–water partition coefficient (Wildman–Crippen LogP) is 2.73. The summed E-state index contributed by atoms with van der Waals surface area (Å²) in [4.78, 5) is 13.2. The van der Waals surface area contributed by atoms with Gasteiger partial charge in [-0.25, -0.2) is 0 Å². The van der Waals surface area contributed by atoms with Crippen molar-refractivity contribution in [1.82, 2.24) is 0 Å². The second-order valence-electron chi connectivity index (χ2n) is 8.14. The normalized spacial score (nSPS) is 39.5. The lowest BCUT2D eigenvalue weighted by Crippen LogP contribution is -2.62. The molecule has 2 atom stereocenters. The van der Waals surface area contributed by atoms with Crippen molar-refractivity contribution in [3.05, 3.63) is 28.3 Å². The van der Waals surface area contributed by atoms with Crippen LogP contribution in [0.25, 0.3) is 0 Å². The smallest absolute Gasteiger partial charge is 0.271 e. The fourth-order valence-corrected chi connectivity index (χ4v) is 6.11. The Kier molecular flexibility index (Phi) is 2.93. The average Bonchev–Trinajstić information content (AvgIpc) is 2.52. The Labute approximate surface area is 140 Å². The summed E-state index contributed by atoms with van der Waals surface area (Å²) in [5.74, 6) is 2.40. The molecule has 0 aromatic heterocycles. The summed E-state index contributed by atoms with van der Waals surface area (Å²) < 4.78 is 5.74. The molecule has 0 spiro atoms. The van der Waals surface area contributed by atoms with Crippen LogP contribution in [0.3, 0.4) is 0 Å². The van der Waals surface area contributed by atoms with Crippen molar-refractivity contribution in [3.63, 3.8) is 0 Å². The summed E-state index contributed by atoms with van der Waals surface area (Å²) in [7, 11) is 0. The Morgan fingerprint density at radius 3 is 2.67 bits per heavy atom. The first-order valence-corrected chi connectivity index (χ1v) is 8.93. The van der Waals surface area contributed by atoms with Crippen LogP contribution in [-0.2, 0) is 0 Å². The number of ether oxygens (including phenoxy) is 1. The summed E-state index contributed by atoms with van der Waals surface area (Å²) in [6.45, 7) is 1.39. The molecular formula is C18H22N2O4. The fourth-order valence-electron chi connectivity index (χ4n) is 6.11. The van der Waals surface area contributed by atoms with Gasteiger partial charge in [-0.15, -0.1) is 0 Å². The van der Waals surface area contributed by atoms with E-state index < -0.39 is 5.60 Å². The molecule has 1 aromatic rings. The first kappa shape index (κ1) is 14.5. The van der Waals surface area contributed by atoms with Crippen LogP contribution in [0.4, 0.5) is 11.4 Å². The van der Waals surface area contributed by atoms with E-state index in [0.717, 1.165) is 37.2 Å². The van der Waals surface area contributed by atoms with Crippen LogP contribution in [0.15, 0.2) is 18.2 Å². The Balaban J connectivity index is 1.53. The summed E-state index contributed by atoms with van der Waals surface area (Å²) >= 11 is 0. The largest absolute Gasteiger partial charge is 0.490 e. The number of hydrogen-bond acceptors (Lipinski definition) is 5. The van der Waals surface area contributed by atoms with E-state index in [-0.39, 0.29) is 10.6 Å². The third-order valence-corrected chi connectivity index (χ3v) is 6.60. The molecule has 0 radical (unpaired) electrons. The maximum Gasteiger partial charge on any atom is 0.271 e. The van der Waals surface area contributed by atoms with Crippen molar-refractivity contribution in [3.8, 4) is 5.75 Å². The molecule has 1 aromatic carbocycles. The van der Waals surface area contributed by atoms with Gasteiger partial charge in [-0.05, 0) is 55.9 Å². The van der Waals surface area contributed by atoms with E-state index in [1.54, 1.807) is 12.1 Å². The van der Waals surface area contributed by atoms with Crippen LogP contribution in [0.2, 0.25) is 0 Å². The number of nitro benzene ring substituents is 1. The highest BCUT2D eigenvalue weighted by Gasteiger charge is 2.56. The van der Waals surface area contributed by atoms with E-state index >= 15 is 0 Å². The van der Waals surface area contributed by atoms with Gasteiger partial charge in [0.2, 0.25) is 0 Å². The van der Waals surface area contributed by atoms with Crippen LogP contribution in [0, 0.1) is 27.9 Å². The molecule has 128 valence electrons. The second kappa shape index (κ2) is 4.85.